The smallest absolute Gasteiger partial charge is 0.328 e. The molecule has 2 fully saturated rings. The van der Waals surface area contributed by atoms with Gasteiger partial charge in [-0.15, -0.1) is 0 Å². The molecule has 1 amide bonds. The molecule has 3 atom stereocenters. The van der Waals surface area contributed by atoms with Gasteiger partial charge in [0.15, 0.2) is 0 Å². The number of rotatable bonds is 2. The third-order valence-electron chi connectivity index (χ3n) is 3.91. The van der Waals surface area contributed by atoms with Crippen LogP contribution in [0, 0.1) is 11.3 Å². The maximum Gasteiger partial charge on any atom is 0.328 e. The van der Waals surface area contributed by atoms with E-state index in [9.17, 15) is 9.59 Å². The zero-order valence-corrected chi connectivity index (χ0v) is 11.5. The average Bonchev–Trinajstić information content (AvgIpc) is 2.61. The Bertz CT molecular complexity index is 351. The van der Waals surface area contributed by atoms with Gasteiger partial charge in [-0.05, 0) is 37.0 Å². The van der Waals surface area contributed by atoms with Crippen LogP contribution in [-0.4, -0.2) is 24.0 Å². The molecule has 0 spiro atoms. The normalized spacial score (nSPS) is 35.1. The first-order valence-electron chi connectivity index (χ1n) is 6.85. The second-order valence-electron chi connectivity index (χ2n) is 6.63. The lowest BCUT2D eigenvalue weighted by Gasteiger charge is -2.38. The van der Waals surface area contributed by atoms with E-state index in [0.29, 0.717) is 18.8 Å². The highest BCUT2D eigenvalue weighted by Crippen LogP contribution is 2.39. The Labute approximate surface area is 108 Å². The SMILES string of the molecule is C[C@H]1C[C@@H](OC(=O)[C@@H]2CCC(=O)N2)CC(C)(C)C1. The highest BCUT2D eigenvalue weighted by molar-refractivity contribution is 5.88. The summed E-state index contributed by atoms with van der Waals surface area (Å²) in [5, 5.41) is 2.66. The molecule has 1 heterocycles. The molecule has 1 aliphatic carbocycles. The zero-order chi connectivity index (χ0) is 13.3. The molecule has 4 nitrogen and oxygen atoms in total. The fourth-order valence-corrected chi connectivity index (χ4v) is 3.39. The van der Waals surface area contributed by atoms with Crippen molar-refractivity contribution in [2.24, 2.45) is 11.3 Å². The van der Waals surface area contributed by atoms with Crippen LogP contribution in [0.25, 0.3) is 0 Å². The van der Waals surface area contributed by atoms with E-state index < -0.39 is 6.04 Å². The topological polar surface area (TPSA) is 55.4 Å². The van der Waals surface area contributed by atoms with Crippen LogP contribution in [0.5, 0.6) is 0 Å². The highest BCUT2D eigenvalue weighted by atomic mass is 16.5. The predicted molar refractivity (Wildman–Crippen MR) is 67.8 cm³/mol. The molecule has 2 rings (SSSR count). The first kappa shape index (κ1) is 13.4. The number of ether oxygens (including phenoxy) is 1. The third kappa shape index (κ3) is 3.24. The van der Waals surface area contributed by atoms with Gasteiger partial charge in [0.2, 0.25) is 5.91 Å². The van der Waals surface area contributed by atoms with Gasteiger partial charge in [0, 0.05) is 6.42 Å². The number of carbonyl (C=O) groups is 2. The van der Waals surface area contributed by atoms with Crippen molar-refractivity contribution in [2.45, 2.75) is 65.0 Å². The number of nitrogens with one attached hydrogen (secondary N) is 1. The highest BCUT2D eigenvalue weighted by Gasteiger charge is 2.36. The molecule has 0 aromatic rings. The van der Waals surface area contributed by atoms with Crippen LogP contribution in [0.4, 0.5) is 0 Å². The predicted octanol–water partition coefficient (Wildman–Crippen LogP) is 2.02. The van der Waals surface area contributed by atoms with E-state index in [1.165, 1.54) is 6.42 Å². The second-order valence-corrected chi connectivity index (χ2v) is 6.63. The number of esters is 1. The molecule has 1 saturated heterocycles. The Balaban J connectivity index is 1.89. The molecule has 4 heteroatoms. The van der Waals surface area contributed by atoms with Crippen molar-refractivity contribution < 1.29 is 14.3 Å². The van der Waals surface area contributed by atoms with Crippen LogP contribution in [0.2, 0.25) is 0 Å². The summed E-state index contributed by atoms with van der Waals surface area (Å²) >= 11 is 0. The van der Waals surface area contributed by atoms with E-state index in [1.807, 2.05) is 0 Å². The van der Waals surface area contributed by atoms with Crippen molar-refractivity contribution in [3.8, 4) is 0 Å². The molecule has 0 aromatic heterocycles. The molecule has 0 bridgehead atoms. The fraction of sp³-hybridized carbons (Fsp3) is 0.857. The first-order chi connectivity index (χ1) is 8.35. The summed E-state index contributed by atoms with van der Waals surface area (Å²) in [6.07, 6.45) is 4.06. The molecule has 18 heavy (non-hydrogen) atoms. The number of hydrogen-bond acceptors (Lipinski definition) is 3. The van der Waals surface area contributed by atoms with Crippen LogP contribution in [0.1, 0.15) is 52.9 Å². The van der Waals surface area contributed by atoms with E-state index in [2.05, 4.69) is 26.1 Å². The minimum absolute atomic E-state index is 0.00810. The van der Waals surface area contributed by atoms with Crippen LogP contribution >= 0.6 is 0 Å². The minimum Gasteiger partial charge on any atom is -0.461 e. The Morgan fingerprint density at radius 1 is 1.39 bits per heavy atom. The summed E-state index contributed by atoms with van der Waals surface area (Å²) in [7, 11) is 0. The molecule has 1 aliphatic heterocycles. The number of amides is 1. The van der Waals surface area contributed by atoms with Crippen molar-refractivity contribution in [2.75, 3.05) is 0 Å². The molecule has 0 unspecified atom stereocenters. The zero-order valence-electron chi connectivity index (χ0n) is 11.5. The van der Waals surface area contributed by atoms with Crippen LogP contribution < -0.4 is 5.32 Å². The van der Waals surface area contributed by atoms with E-state index >= 15 is 0 Å². The summed E-state index contributed by atoms with van der Waals surface area (Å²) in [6.45, 7) is 6.65. The van der Waals surface area contributed by atoms with Crippen molar-refractivity contribution >= 4 is 11.9 Å². The van der Waals surface area contributed by atoms with Crippen molar-refractivity contribution in [3.05, 3.63) is 0 Å². The average molecular weight is 253 g/mol. The minimum atomic E-state index is -0.419. The largest absolute Gasteiger partial charge is 0.461 e. The lowest BCUT2D eigenvalue weighted by atomic mass is 9.71. The standard InChI is InChI=1S/C14H23NO3/c1-9-6-10(8-14(2,3)7-9)18-13(17)11-4-5-12(16)15-11/h9-11H,4-8H2,1-3H3,(H,15,16)/t9-,10+,11-/m0/s1. The second kappa shape index (κ2) is 4.90. The lowest BCUT2D eigenvalue weighted by Crippen LogP contribution is -2.40. The molecule has 0 aromatic carbocycles. The maximum atomic E-state index is 11.9. The first-order valence-corrected chi connectivity index (χ1v) is 6.85. The monoisotopic (exact) mass is 253 g/mol. The molecule has 0 radical (unpaired) electrons. The quantitative estimate of drug-likeness (QED) is 0.766. The van der Waals surface area contributed by atoms with Crippen LogP contribution in [0.3, 0.4) is 0 Å². The number of carbonyl (C=O) groups excluding carboxylic acids is 2. The maximum absolute atomic E-state index is 11.9. The molecule has 1 N–H and O–H groups in total. The van der Waals surface area contributed by atoms with Crippen molar-refractivity contribution in [1.29, 1.82) is 0 Å². The van der Waals surface area contributed by atoms with Crippen LogP contribution in [0.15, 0.2) is 0 Å². The van der Waals surface area contributed by atoms with E-state index in [1.54, 1.807) is 0 Å². The molecule has 1 saturated carbocycles. The van der Waals surface area contributed by atoms with E-state index in [4.69, 9.17) is 4.74 Å². The fourth-order valence-electron chi connectivity index (χ4n) is 3.39. The molecule has 102 valence electrons. The van der Waals surface area contributed by atoms with Gasteiger partial charge in [0.05, 0.1) is 0 Å². The van der Waals surface area contributed by atoms with Crippen LogP contribution in [-0.2, 0) is 14.3 Å². The van der Waals surface area contributed by atoms with Gasteiger partial charge >= 0.3 is 5.97 Å². The summed E-state index contributed by atoms with van der Waals surface area (Å²) in [6, 6.07) is -0.419. The van der Waals surface area contributed by atoms with E-state index in [0.717, 1.165) is 12.8 Å². The molecule has 2 aliphatic rings. The van der Waals surface area contributed by atoms with Gasteiger partial charge in [-0.1, -0.05) is 20.8 Å². The van der Waals surface area contributed by atoms with E-state index in [-0.39, 0.29) is 23.4 Å². The molecular formula is C14H23NO3. The Kier molecular flexibility index (Phi) is 3.64. The van der Waals surface area contributed by atoms with Gasteiger partial charge in [0.25, 0.3) is 0 Å². The summed E-state index contributed by atoms with van der Waals surface area (Å²) in [5.74, 6) is 0.287. The lowest BCUT2D eigenvalue weighted by molar-refractivity contribution is -0.156. The van der Waals surface area contributed by atoms with Crippen molar-refractivity contribution in [3.63, 3.8) is 0 Å². The Morgan fingerprint density at radius 2 is 2.11 bits per heavy atom. The Morgan fingerprint density at radius 3 is 2.67 bits per heavy atom. The van der Waals surface area contributed by atoms with Gasteiger partial charge in [0.1, 0.15) is 12.1 Å². The van der Waals surface area contributed by atoms with Crippen molar-refractivity contribution in [1.82, 2.24) is 5.32 Å². The Hall–Kier alpha value is -1.06. The summed E-state index contributed by atoms with van der Waals surface area (Å²) < 4.78 is 5.58. The third-order valence-corrected chi connectivity index (χ3v) is 3.91. The summed E-state index contributed by atoms with van der Waals surface area (Å²) in [5.41, 5.74) is 0.238. The molecular weight excluding hydrogens is 230 g/mol. The van der Waals surface area contributed by atoms with Gasteiger partial charge < -0.3 is 10.1 Å². The van der Waals surface area contributed by atoms with Gasteiger partial charge in [-0.25, -0.2) is 4.79 Å². The number of hydrogen-bond donors (Lipinski definition) is 1. The van der Waals surface area contributed by atoms with Gasteiger partial charge in [-0.2, -0.15) is 0 Å². The van der Waals surface area contributed by atoms with Gasteiger partial charge in [-0.3, -0.25) is 4.79 Å². The summed E-state index contributed by atoms with van der Waals surface area (Å²) in [4.78, 5) is 23.0.